The lowest BCUT2D eigenvalue weighted by Crippen LogP contribution is -2.54. The van der Waals surface area contributed by atoms with Crippen LogP contribution in [0.2, 0.25) is 0 Å². The Labute approximate surface area is 153 Å². The molecule has 2 aliphatic rings. The fourth-order valence-corrected chi connectivity index (χ4v) is 3.99. The summed E-state index contributed by atoms with van der Waals surface area (Å²) in [7, 11) is 0. The first-order valence-corrected chi connectivity index (χ1v) is 9.43. The fraction of sp³-hybridized carbons (Fsp3) is 0.632. The summed E-state index contributed by atoms with van der Waals surface area (Å²) in [5.41, 5.74) is 0.555. The molecule has 1 aliphatic carbocycles. The van der Waals surface area contributed by atoms with Crippen LogP contribution in [0.3, 0.4) is 0 Å². The van der Waals surface area contributed by atoms with Gasteiger partial charge in [0.15, 0.2) is 0 Å². The molecule has 1 unspecified atom stereocenters. The second-order valence-electron chi connectivity index (χ2n) is 7.31. The van der Waals surface area contributed by atoms with Gasteiger partial charge in [-0.2, -0.15) is 0 Å². The highest BCUT2D eigenvalue weighted by Gasteiger charge is 2.33. The lowest BCUT2D eigenvalue weighted by Gasteiger charge is -2.33. The van der Waals surface area contributed by atoms with Crippen molar-refractivity contribution in [1.29, 1.82) is 0 Å². The van der Waals surface area contributed by atoms with Crippen LogP contribution in [0.5, 0.6) is 0 Å². The Morgan fingerprint density at radius 3 is 2.42 bits per heavy atom. The number of rotatable bonds is 5. The van der Waals surface area contributed by atoms with Crippen molar-refractivity contribution in [3.05, 3.63) is 24.2 Å². The van der Waals surface area contributed by atoms with Crippen molar-refractivity contribution in [1.82, 2.24) is 15.5 Å². The first-order valence-electron chi connectivity index (χ1n) is 9.43. The summed E-state index contributed by atoms with van der Waals surface area (Å²) in [5.74, 6) is -0.0726. The standard InChI is InChI=1S/C19H27N3O4/c1-13(23)20-17(14-4-2-3-5-14)18(24)21-16-6-9-22(10-7-16)19(25)15-8-11-26-12-15/h8,11-12,14,16-17H,2-7,9-10H2,1H3,(H,20,23)(H,21,24). The fourth-order valence-electron chi connectivity index (χ4n) is 3.99. The van der Waals surface area contributed by atoms with Gasteiger partial charge in [-0.3, -0.25) is 14.4 Å². The molecule has 0 radical (unpaired) electrons. The summed E-state index contributed by atoms with van der Waals surface area (Å²) in [4.78, 5) is 38.3. The van der Waals surface area contributed by atoms with Crippen LogP contribution in [0.15, 0.2) is 23.0 Å². The zero-order chi connectivity index (χ0) is 18.5. The predicted octanol–water partition coefficient (Wildman–Crippen LogP) is 1.70. The normalized spacial score (nSPS) is 20.0. The van der Waals surface area contributed by atoms with Gasteiger partial charge >= 0.3 is 0 Å². The topological polar surface area (TPSA) is 91.7 Å². The third-order valence-corrected chi connectivity index (χ3v) is 5.41. The van der Waals surface area contributed by atoms with Gasteiger partial charge in [0.1, 0.15) is 12.3 Å². The van der Waals surface area contributed by atoms with Gasteiger partial charge in [-0.1, -0.05) is 12.8 Å². The van der Waals surface area contributed by atoms with Gasteiger partial charge < -0.3 is 20.0 Å². The SMILES string of the molecule is CC(=O)NC(C(=O)NC1CCN(C(=O)c2ccoc2)CC1)C1CCCC1. The van der Waals surface area contributed by atoms with E-state index in [9.17, 15) is 14.4 Å². The van der Waals surface area contributed by atoms with E-state index in [1.807, 2.05) is 0 Å². The molecule has 0 aromatic carbocycles. The highest BCUT2D eigenvalue weighted by atomic mass is 16.3. The first kappa shape index (κ1) is 18.5. The molecular formula is C19H27N3O4. The van der Waals surface area contributed by atoms with Crippen LogP contribution in [-0.4, -0.2) is 47.8 Å². The summed E-state index contributed by atoms with van der Waals surface area (Å²) < 4.78 is 4.97. The van der Waals surface area contributed by atoms with E-state index in [4.69, 9.17) is 4.42 Å². The van der Waals surface area contributed by atoms with Crippen LogP contribution in [0.1, 0.15) is 55.8 Å². The maximum absolute atomic E-state index is 12.7. The molecule has 2 N–H and O–H groups in total. The Balaban J connectivity index is 1.51. The molecule has 26 heavy (non-hydrogen) atoms. The molecule has 1 aliphatic heterocycles. The molecule has 0 spiro atoms. The lowest BCUT2D eigenvalue weighted by molar-refractivity contribution is -0.130. The average molecular weight is 361 g/mol. The predicted molar refractivity (Wildman–Crippen MR) is 95.3 cm³/mol. The molecule has 1 saturated heterocycles. The van der Waals surface area contributed by atoms with Crippen LogP contribution in [0.25, 0.3) is 0 Å². The minimum absolute atomic E-state index is 0.0357. The molecule has 3 amide bonds. The molecule has 1 atom stereocenters. The summed E-state index contributed by atoms with van der Waals surface area (Å²) >= 11 is 0. The zero-order valence-corrected chi connectivity index (χ0v) is 15.2. The molecule has 0 bridgehead atoms. The van der Waals surface area contributed by atoms with E-state index in [0.29, 0.717) is 31.5 Å². The van der Waals surface area contributed by atoms with Crippen molar-refractivity contribution >= 4 is 17.7 Å². The Bertz CT molecular complexity index is 629. The number of amides is 3. The van der Waals surface area contributed by atoms with Crippen LogP contribution in [-0.2, 0) is 9.59 Å². The van der Waals surface area contributed by atoms with E-state index in [1.165, 1.54) is 19.5 Å². The second kappa shape index (κ2) is 8.38. The second-order valence-corrected chi connectivity index (χ2v) is 7.31. The molecule has 2 heterocycles. The number of nitrogens with zero attached hydrogens (tertiary/aromatic N) is 1. The molecule has 142 valence electrons. The molecule has 1 aromatic heterocycles. The minimum atomic E-state index is -0.444. The van der Waals surface area contributed by atoms with E-state index >= 15 is 0 Å². The van der Waals surface area contributed by atoms with E-state index in [1.54, 1.807) is 11.0 Å². The first-order chi connectivity index (χ1) is 12.5. The van der Waals surface area contributed by atoms with Crippen molar-refractivity contribution in [3.63, 3.8) is 0 Å². The zero-order valence-electron chi connectivity index (χ0n) is 15.2. The number of hydrogen-bond acceptors (Lipinski definition) is 4. The number of piperidine rings is 1. The van der Waals surface area contributed by atoms with Gasteiger partial charge in [-0.05, 0) is 37.7 Å². The highest BCUT2D eigenvalue weighted by molar-refractivity contribution is 5.94. The summed E-state index contributed by atoms with van der Waals surface area (Å²) in [6, 6.07) is 1.25. The molecule has 1 aromatic rings. The van der Waals surface area contributed by atoms with Crippen molar-refractivity contribution in [2.75, 3.05) is 13.1 Å². The molecular weight excluding hydrogens is 334 g/mol. The van der Waals surface area contributed by atoms with E-state index in [-0.39, 0.29) is 29.7 Å². The highest BCUT2D eigenvalue weighted by Crippen LogP contribution is 2.28. The van der Waals surface area contributed by atoms with E-state index in [2.05, 4.69) is 10.6 Å². The quantitative estimate of drug-likeness (QED) is 0.835. The molecule has 7 heteroatoms. The van der Waals surface area contributed by atoms with Gasteiger partial charge in [0, 0.05) is 26.1 Å². The van der Waals surface area contributed by atoms with Gasteiger partial charge in [0.25, 0.3) is 5.91 Å². The molecule has 1 saturated carbocycles. The van der Waals surface area contributed by atoms with E-state index < -0.39 is 6.04 Å². The van der Waals surface area contributed by atoms with Gasteiger partial charge in [0.05, 0.1) is 11.8 Å². The maximum Gasteiger partial charge on any atom is 0.257 e. The Morgan fingerprint density at radius 2 is 1.85 bits per heavy atom. The van der Waals surface area contributed by atoms with Crippen molar-refractivity contribution in [2.24, 2.45) is 5.92 Å². The summed E-state index contributed by atoms with van der Waals surface area (Å²) in [5, 5.41) is 5.92. The van der Waals surface area contributed by atoms with Gasteiger partial charge in [0.2, 0.25) is 11.8 Å². The van der Waals surface area contributed by atoms with E-state index in [0.717, 1.165) is 25.7 Å². The smallest absolute Gasteiger partial charge is 0.257 e. The average Bonchev–Trinajstić information content (AvgIpc) is 3.33. The van der Waals surface area contributed by atoms with Crippen LogP contribution >= 0.6 is 0 Å². The Hall–Kier alpha value is -2.31. The monoisotopic (exact) mass is 361 g/mol. The molecule has 3 rings (SSSR count). The minimum Gasteiger partial charge on any atom is -0.472 e. The lowest BCUT2D eigenvalue weighted by atomic mass is 9.96. The van der Waals surface area contributed by atoms with Gasteiger partial charge in [-0.15, -0.1) is 0 Å². The van der Waals surface area contributed by atoms with Crippen molar-refractivity contribution in [3.8, 4) is 0 Å². The third kappa shape index (κ3) is 4.45. The van der Waals surface area contributed by atoms with Gasteiger partial charge in [-0.25, -0.2) is 0 Å². The number of nitrogens with one attached hydrogen (secondary N) is 2. The number of carbonyl (C=O) groups is 3. The van der Waals surface area contributed by atoms with Crippen LogP contribution < -0.4 is 10.6 Å². The van der Waals surface area contributed by atoms with Crippen LogP contribution in [0.4, 0.5) is 0 Å². The third-order valence-electron chi connectivity index (χ3n) is 5.41. The number of likely N-dealkylation sites (tertiary alicyclic amines) is 1. The number of hydrogen-bond donors (Lipinski definition) is 2. The number of furan rings is 1. The number of carbonyl (C=O) groups excluding carboxylic acids is 3. The maximum atomic E-state index is 12.7. The molecule has 2 fully saturated rings. The van der Waals surface area contributed by atoms with Crippen LogP contribution in [0, 0.1) is 5.92 Å². The Morgan fingerprint density at radius 1 is 1.15 bits per heavy atom. The molecule has 7 nitrogen and oxygen atoms in total. The summed E-state index contributed by atoms with van der Waals surface area (Å²) in [6.45, 7) is 2.65. The van der Waals surface area contributed by atoms with Crippen molar-refractivity contribution < 1.29 is 18.8 Å². The largest absolute Gasteiger partial charge is 0.472 e. The summed E-state index contributed by atoms with van der Waals surface area (Å²) in [6.07, 6.45) is 8.57. The Kier molecular flexibility index (Phi) is 5.96. The van der Waals surface area contributed by atoms with Crippen molar-refractivity contribution in [2.45, 2.75) is 57.5 Å².